The van der Waals surface area contributed by atoms with E-state index in [-0.39, 0.29) is 45.2 Å². The zero-order valence-electron chi connectivity index (χ0n) is 27.1. The molecule has 18 heteroatoms. The minimum absolute atomic E-state index is 0.0610. The SMILES string of the molecule is COc1cc([C@H]2C3=CC[C@@H]4C(=O)N(c5cccc(C(=O)O)c5)C(=O)[C@@H]4[C@@H]3C[C@@]3(Cl)C(=O)N(c4c(F)c(F)c(F)c(F)c4F)C(=O)[C@@]23Cl)cc(OC)c1O. The highest BCUT2D eigenvalue weighted by Crippen LogP contribution is 2.66. The zero-order chi connectivity index (χ0) is 38.6. The van der Waals surface area contributed by atoms with Crippen molar-refractivity contribution in [3.05, 3.63) is 88.3 Å². The lowest BCUT2D eigenvalue weighted by atomic mass is 9.56. The number of rotatable bonds is 6. The molecule has 11 nitrogen and oxygen atoms in total. The van der Waals surface area contributed by atoms with Crippen LogP contribution in [-0.2, 0) is 19.2 Å². The molecule has 2 saturated heterocycles. The van der Waals surface area contributed by atoms with E-state index in [4.69, 9.17) is 32.7 Å². The number of carboxylic acids is 1. The molecule has 3 aromatic carbocycles. The summed E-state index contributed by atoms with van der Waals surface area (Å²) in [6.07, 6.45) is 0.557. The third-order valence-electron chi connectivity index (χ3n) is 10.4. The van der Waals surface area contributed by atoms with Crippen molar-refractivity contribution >= 4 is 64.2 Å². The van der Waals surface area contributed by atoms with Crippen LogP contribution in [-0.4, -0.2) is 63.8 Å². The highest BCUT2D eigenvalue weighted by atomic mass is 35.5. The van der Waals surface area contributed by atoms with Gasteiger partial charge >= 0.3 is 5.97 Å². The highest BCUT2D eigenvalue weighted by molar-refractivity contribution is 6.58. The largest absolute Gasteiger partial charge is 0.502 e. The number of halogens is 7. The number of allylic oxidation sites excluding steroid dienone is 2. The van der Waals surface area contributed by atoms with E-state index in [1.54, 1.807) is 0 Å². The molecule has 7 rings (SSSR count). The number of nitrogens with zero attached hydrogens (tertiary/aromatic N) is 2. The molecular weight excluding hydrogens is 758 g/mol. The lowest BCUT2D eigenvalue weighted by Gasteiger charge is -2.50. The van der Waals surface area contributed by atoms with E-state index in [2.05, 4.69) is 0 Å². The summed E-state index contributed by atoms with van der Waals surface area (Å²) in [5.74, 6) is -25.2. The van der Waals surface area contributed by atoms with E-state index in [1.165, 1.54) is 50.6 Å². The second-order valence-electron chi connectivity index (χ2n) is 12.8. The number of aromatic carboxylic acids is 1. The Bertz CT molecular complexity index is 2200. The standard InChI is InChI=1S/C35H23Cl2F5N2O9/c1-52-18-9-13(10-19(53-2)28(18)45)21-15-6-7-16-20(30(47)43(29(16)46)14-5-3-4-12(8-14)31(48)49)17(15)11-34(36)32(50)44(33(51)35(21,34)37)27-25(41)23(39)22(38)24(40)26(27)42/h3-6,8-10,16-17,20-21,45H,7,11H2,1-2H3,(H,48,49)/t16-,17+,20-,21-,34+,35-/m0/s1. The first-order valence-electron chi connectivity index (χ1n) is 15.6. The number of alkyl halides is 2. The topological polar surface area (TPSA) is 151 Å². The van der Waals surface area contributed by atoms with Crippen LogP contribution in [0.5, 0.6) is 17.2 Å². The monoisotopic (exact) mass is 780 g/mol. The first-order chi connectivity index (χ1) is 25.0. The van der Waals surface area contributed by atoms with E-state index in [1.807, 2.05) is 0 Å². The van der Waals surface area contributed by atoms with Crippen molar-refractivity contribution < 1.29 is 65.6 Å². The van der Waals surface area contributed by atoms with Gasteiger partial charge in [-0.2, -0.15) is 0 Å². The normalized spacial score (nSPS) is 27.8. The maximum Gasteiger partial charge on any atom is 0.335 e. The number of methoxy groups -OCH3 is 2. The number of carboxylic acid groups (broad SMARTS) is 1. The number of hydrogen-bond donors (Lipinski definition) is 2. The summed E-state index contributed by atoms with van der Waals surface area (Å²) in [4.78, 5) is 63.5. The Morgan fingerprint density at radius 3 is 1.98 bits per heavy atom. The van der Waals surface area contributed by atoms with E-state index in [0.717, 1.165) is 11.0 Å². The van der Waals surface area contributed by atoms with Crippen LogP contribution < -0.4 is 19.3 Å². The fourth-order valence-corrected chi connectivity index (χ4v) is 8.99. The Labute approximate surface area is 305 Å². The van der Waals surface area contributed by atoms with Gasteiger partial charge in [-0.15, -0.1) is 23.2 Å². The van der Waals surface area contributed by atoms with Crippen LogP contribution in [0.25, 0.3) is 0 Å². The number of amides is 4. The Balaban J connectivity index is 1.45. The van der Waals surface area contributed by atoms with Crippen molar-refractivity contribution in [2.24, 2.45) is 17.8 Å². The van der Waals surface area contributed by atoms with Crippen LogP contribution in [0.4, 0.5) is 33.3 Å². The molecule has 3 fully saturated rings. The Morgan fingerprint density at radius 1 is 0.830 bits per heavy atom. The molecule has 6 atom stereocenters. The lowest BCUT2D eigenvalue weighted by molar-refractivity contribution is -0.125. The predicted molar refractivity (Wildman–Crippen MR) is 174 cm³/mol. The van der Waals surface area contributed by atoms with E-state index >= 15 is 8.78 Å². The van der Waals surface area contributed by atoms with Gasteiger partial charge in [0.25, 0.3) is 11.8 Å². The summed E-state index contributed by atoms with van der Waals surface area (Å²) in [6, 6.07) is 7.37. The first kappa shape index (κ1) is 36.2. The number of benzene rings is 3. The number of phenols is 1. The second-order valence-corrected chi connectivity index (χ2v) is 14.1. The summed E-state index contributed by atoms with van der Waals surface area (Å²) in [7, 11) is 2.33. The highest BCUT2D eigenvalue weighted by Gasteiger charge is 2.77. The number of aromatic hydroxyl groups is 1. The van der Waals surface area contributed by atoms with Crippen LogP contribution in [0.2, 0.25) is 0 Å². The molecule has 3 aromatic rings. The summed E-state index contributed by atoms with van der Waals surface area (Å²) in [5.41, 5.74) is -2.17. The van der Waals surface area contributed by atoms with Gasteiger partial charge in [0.05, 0.1) is 37.3 Å². The van der Waals surface area contributed by atoms with Crippen LogP contribution in [0.1, 0.15) is 34.7 Å². The molecule has 0 radical (unpaired) electrons. The van der Waals surface area contributed by atoms with Crippen molar-refractivity contribution in [3.8, 4) is 17.2 Å². The van der Waals surface area contributed by atoms with Crippen molar-refractivity contribution in [1.29, 1.82) is 0 Å². The molecular formula is C35H23Cl2F5N2O9. The molecule has 2 N–H and O–H groups in total. The third kappa shape index (κ3) is 4.67. The van der Waals surface area contributed by atoms with Crippen molar-refractivity contribution in [3.63, 3.8) is 0 Å². The molecule has 2 aliphatic heterocycles. The number of phenolic OH excluding ortho intramolecular Hbond substituents is 1. The lowest BCUT2D eigenvalue weighted by Crippen LogP contribution is -2.60. The quantitative estimate of drug-likeness (QED) is 0.0818. The van der Waals surface area contributed by atoms with Gasteiger partial charge in [0.2, 0.25) is 23.4 Å². The van der Waals surface area contributed by atoms with Crippen molar-refractivity contribution in [1.82, 2.24) is 0 Å². The maximum absolute atomic E-state index is 15.3. The number of ether oxygens (including phenoxy) is 2. The number of fused-ring (bicyclic) bond motifs is 4. The van der Waals surface area contributed by atoms with E-state index < -0.39 is 110 Å². The summed E-state index contributed by atoms with van der Waals surface area (Å²) in [6.45, 7) is 0. The minimum atomic E-state index is -2.82. The minimum Gasteiger partial charge on any atom is -0.502 e. The number of hydrogen-bond acceptors (Lipinski definition) is 8. The number of carbonyl (C=O) groups is 5. The molecule has 0 spiro atoms. The van der Waals surface area contributed by atoms with E-state index in [0.29, 0.717) is 0 Å². The summed E-state index contributed by atoms with van der Waals surface area (Å²) in [5, 5.41) is 20.2. The Morgan fingerprint density at radius 2 is 1.42 bits per heavy atom. The number of carbonyl (C=O) groups excluding carboxylic acids is 4. The van der Waals surface area contributed by atoms with Crippen LogP contribution >= 0.6 is 23.2 Å². The fourth-order valence-electron chi connectivity index (χ4n) is 8.05. The molecule has 4 amide bonds. The molecule has 1 saturated carbocycles. The number of anilines is 2. The molecule has 0 unspecified atom stereocenters. The predicted octanol–water partition coefficient (Wildman–Crippen LogP) is 5.57. The molecule has 0 bridgehead atoms. The zero-order valence-corrected chi connectivity index (χ0v) is 28.6. The van der Waals surface area contributed by atoms with Gasteiger partial charge in [-0.25, -0.2) is 31.6 Å². The smallest absolute Gasteiger partial charge is 0.335 e. The van der Waals surface area contributed by atoms with Gasteiger partial charge in [0.15, 0.2) is 44.5 Å². The molecule has 2 aliphatic carbocycles. The number of imide groups is 2. The molecule has 2 heterocycles. The molecule has 53 heavy (non-hydrogen) atoms. The van der Waals surface area contributed by atoms with Crippen LogP contribution in [0.3, 0.4) is 0 Å². The molecule has 4 aliphatic rings. The average Bonchev–Trinajstić information content (AvgIpc) is 3.48. The van der Waals surface area contributed by atoms with Gasteiger partial charge in [-0.3, -0.25) is 24.1 Å². The maximum atomic E-state index is 15.3. The van der Waals surface area contributed by atoms with E-state index in [9.17, 15) is 47.4 Å². The Kier molecular flexibility index (Phi) is 8.30. The van der Waals surface area contributed by atoms with Crippen molar-refractivity contribution in [2.45, 2.75) is 28.5 Å². The molecule has 0 aromatic heterocycles. The Hall–Kier alpha value is -5.22. The third-order valence-corrected chi connectivity index (χ3v) is 11.8. The van der Waals surface area contributed by atoms with Gasteiger partial charge in [0.1, 0.15) is 5.69 Å². The van der Waals surface area contributed by atoms with Gasteiger partial charge in [-0.05, 0) is 54.7 Å². The van der Waals surface area contributed by atoms with Crippen LogP contribution in [0, 0.1) is 46.8 Å². The fraction of sp³-hybridized carbons (Fsp3) is 0.286. The molecule has 276 valence electrons. The van der Waals surface area contributed by atoms with Gasteiger partial charge < -0.3 is 19.7 Å². The van der Waals surface area contributed by atoms with Crippen molar-refractivity contribution in [2.75, 3.05) is 24.0 Å². The van der Waals surface area contributed by atoms with Crippen LogP contribution in [0.15, 0.2) is 48.0 Å². The average molecular weight is 781 g/mol. The summed E-state index contributed by atoms with van der Waals surface area (Å²) >= 11 is 14.3. The second kappa shape index (κ2) is 12.2. The van der Waals surface area contributed by atoms with Gasteiger partial charge in [-0.1, -0.05) is 17.7 Å². The van der Waals surface area contributed by atoms with Gasteiger partial charge in [0, 0.05) is 5.92 Å². The summed E-state index contributed by atoms with van der Waals surface area (Å²) < 4.78 is 84.2. The first-order valence-corrected chi connectivity index (χ1v) is 16.4.